The maximum absolute atomic E-state index is 7.85. The molecule has 4 heteroatoms. The maximum atomic E-state index is 7.85. The molecule has 0 heterocycles. The summed E-state index contributed by atoms with van der Waals surface area (Å²) in [6.45, 7) is 6.27. The van der Waals surface area contributed by atoms with E-state index in [9.17, 15) is 0 Å². The largest absolute Gasteiger partial charge is 0.491 e. The van der Waals surface area contributed by atoms with Gasteiger partial charge in [0.1, 0.15) is 19.0 Å². The van der Waals surface area contributed by atoms with Gasteiger partial charge in [-0.15, -0.1) is 0 Å². The number of hydrogen-bond donors (Lipinski definition) is 1. The fourth-order valence-electron chi connectivity index (χ4n) is 1.03. The predicted molar refractivity (Wildman–Crippen MR) is 46.7 cm³/mol. The van der Waals surface area contributed by atoms with Gasteiger partial charge in [-0.1, -0.05) is 11.6 Å². The van der Waals surface area contributed by atoms with E-state index < -0.39 is 0 Å². The normalized spacial score (nSPS) is 14.2. The van der Waals surface area contributed by atoms with Crippen LogP contribution in [0.15, 0.2) is 23.5 Å². The van der Waals surface area contributed by atoms with Crippen molar-refractivity contribution in [2.45, 2.75) is 19.8 Å². The van der Waals surface area contributed by atoms with Gasteiger partial charge in [0, 0.05) is 0 Å². The van der Waals surface area contributed by atoms with Gasteiger partial charge in [0.05, 0.1) is 0 Å². The molecule has 0 amide bonds. The molecule has 1 N–H and O–H groups in total. The van der Waals surface area contributed by atoms with Gasteiger partial charge >= 0.3 is 0 Å². The highest BCUT2D eigenvalue weighted by Crippen LogP contribution is 2.34. The Morgan fingerprint density at radius 3 is 2.62 bits per heavy atom. The molecule has 0 unspecified atom stereocenters. The summed E-state index contributed by atoms with van der Waals surface area (Å²) in [5.74, 6) is 0.876. The van der Waals surface area contributed by atoms with Gasteiger partial charge in [0.25, 0.3) is 0 Å². The summed E-state index contributed by atoms with van der Waals surface area (Å²) in [4.78, 5) is 4.24. The Kier molecular flexibility index (Phi) is 3.95. The Morgan fingerprint density at radius 2 is 2.15 bits per heavy atom. The standard InChI is InChI=1S/C9H14O4/c1-7(2)9(8-3-4-8)11-5-6-12-13-10/h10H,1,3-6H2,2H3. The van der Waals surface area contributed by atoms with Gasteiger partial charge in [-0.25, -0.2) is 10.1 Å². The molecule has 4 nitrogen and oxygen atoms in total. The lowest BCUT2D eigenvalue weighted by atomic mass is 10.2. The van der Waals surface area contributed by atoms with E-state index in [4.69, 9.17) is 9.99 Å². The van der Waals surface area contributed by atoms with Gasteiger partial charge in [-0.3, -0.25) is 0 Å². The van der Waals surface area contributed by atoms with E-state index in [0.717, 1.165) is 24.2 Å². The van der Waals surface area contributed by atoms with Crippen molar-refractivity contribution in [1.82, 2.24) is 0 Å². The van der Waals surface area contributed by atoms with Crippen molar-refractivity contribution in [3.05, 3.63) is 23.5 Å². The highest BCUT2D eigenvalue weighted by atomic mass is 17.5. The lowest BCUT2D eigenvalue weighted by Crippen LogP contribution is -2.04. The monoisotopic (exact) mass is 186 g/mol. The third-order valence-electron chi connectivity index (χ3n) is 1.67. The molecule has 1 aliphatic rings. The zero-order chi connectivity index (χ0) is 9.68. The first kappa shape index (κ1) is 10.2. The van der Waals surface area contributed by atoms with Crippen LogP contribution in [-0.4, -0.2) is 18.5 Å². The molecule has 1 aliphatic carbocycles. The second kappa shape index (κ2) is 5.01. The number of hydrogen-bond acceptors (Lipinski definition) is 4. The maximum Gasteiger partial charge on any atom is 0.120 e. The minimum atomic E-state index is 0.195. The molecular weight excluding hydrogens is 172 g/mol. The van der Waals surface area contributed by atoms with Crippen molar-refractivity contribution in [1.29, 1.82) is 0 Å². The Balaban J connectivity index is 2.25. The van der Waals surface area contributed by atoms with Crippen LogP contribution in [0, 0.1) is 0 Å². The number of rotatable bonds is 6. The van der Waals surface area contributed by atoms with Crippen LogP contribution in [0.3, 0.4) is 0 Å². The first-order valence-corrected chi connectivity index (χ1v) is 4.19. The summed E-state index contributed by atoms with van der Waals surface area (Å²) >= 11 is 0. The Morgan fingerprint density at radius 1 is 1.46 bits per heavy atom. The van der Waals surface area contributed by atoms with Crippen molar-refractivity contribution in [2.24, 2.45) is 0 Å². The molecule has 0 spiro atoms. The molecule has 13 heavy (non-hydrogen) atoms. The van der Waals surface area contributed by atoms with E-state index in [1.807, 2.05) is 6.92 Å². The van der Waals surface area contributed by atoms with E-state index in [0.29, 0.717) is 6.61 Å². The number of allylic oxidation sites excluding steroid dienone is 2. The van der Waals surface area contributed by atoms with E-state index in [-0.39, 0.29) is 6.61 Å². The number of ether oxygens (including phenoxy) is 1. The second-order valence-electron chi connectivity index (χ2n) is 2.96. The summed E-state index contributed by atoms with van der Waals surface area (Å²) in [6, 6.07) is 0. The smallest absolute Gasteiger partial charge is 0.120 e. The Bertz CT molecular complexity index is 214. The molecule has 1 fully saturated rings. The van der Waals surface area contributed by atoms with E-state index >= 15 is 0 Å². The molecule has 0 radical (unpaired) electrons. The summed E-state index contributed by atoms with van der Waals surface area (Å²) < 4.78 is 5.39. The fraction of sp³-hybridized carbons (Fsp3) is 0.556. The summed E-state index contributed by atoms with van der Waals surface area (Å²) in [7, 11) is 0. The Hall–Kier alpha value is -0.840. The molecule has 74 valence electrons. The molecule has 0 saturated heterocycles. The van der Waals surface area contributed by atoms with Gasteiger partial charge in [0.2, 0.25) is 0 Å². The van der Waals surface area contributed by atoms with E-state index in [1.165, 1.54) is 5.57 Å². The van der Waals surface area contributed by atoms with Crippen molar-refractivity contribution in [3.63, 3.8) is 0 Å². The first-order valence-electron chi connectivity index (χ1n) is 4.19. The van der Waals surface area contributed by atoms with E-state index in [1.54, 1.807) is 0 Å². The Labute approximate surface area is 77.3 Å². The van der Waals surface area contributed by atoms with Gasteiger partial charge in [-0.2, -0.15) is 0 Å². The van der Waals surface area contributed by atoms with E-state index in [2.05, 4.69) is 16.5 Å². The van der Waals surface area contributed by atoms with Gasteiger partial charge < -0.3 is 4.74 Å². The zero-order valence-electron chi connectivity index (χ0n) is 7.71. The van der Waals surface area contributed by atoms with Crippen molar-refractivity contribution in [2.75, 3.05) is 13.2 Å². The fourth-order valence-corrected chi connectivity index (χ4v) is 1.03. The summed E-state index contributed by atoms with van der Waals surface area (Å²) in [5.41, 5.74) is 2.23. The van der Waals surface area contributed by atoms with Crippen LogP contribution >= 0.6 is 0 Å². The minimum Gasteiger partial charge on any atom is -0.491 e. The molecule has 0 bridgehead atoms. The molecule has 1 rings (SSSR count). The van der Waals surface area contributed by atoms with Crippen LogP contribution in [0.4, 0.5) is 0 Å². The molecule has 0 aromatic heterocycles. The van der Waals surface area contributed by atoms with Crippen LogP contribution in [0.25, 0.3) is 0 Å². The van der Waals surface area contributed by atoms with Crippen LogP contribution in [0.2, 0.25) is 0 Å². The molecule has 1 saturated carbocycles. The predicted octanol–water partition coefficient (Wildman–Crippen LogP) is 2.05. The van der Waals surface area contributed by atoms with Crippen LogP contribution in [0.1, 0.15) is 19.8 Å². The third kappa shape index (κ3) is 3.59. The highest BCUT2D eigenvalue weighted by Gasteiger charge is 2.19. The first-order chi connectivity index (χ1) is 6.25. The lowest BCUT2D eigenvalue weighted by molar-refractivity contribution is -0.491. The third-order valence-corrected chi connectivity index (χ3v) is 1.67. The molecular formula is C9H14O4. The molecule has 0 atom stereocenters. The van der Waals surface area contributed by atoms with Crippen molar-refractivity contribution >= 4 is 0 Å². The highest BCUT2D eigenvalue weighted by molar-refractivity contribution is 5.33. The zero-order valence-corrected chi connectivity index (χ0v) is 7.71. The average molecular weight is 186 g/mol. The molecule has 0 aromatic rings. The second-order valence-corrected chi connectivity index (χ2v) is 2.96. The van der Waals surface area contributed by atoms with Gasteiger partial charge in [-0.05, 0) is 30.9 Å². The summed E-state index contributed by atoms with van der Waals surface area (Å²) in [5, 5.41) is 11.3. The quantitative estimate of drug-likeness (QED) is 0.298. The lowest BCUT2D eigenvalue weighted by Gasteiger charge is -2.08. The van der Waals surface area contributed by atoms with Crippen LogP contribution < -0.4 is 0 Å². The van der Waals surface area contributed by atoms with Crippen molar-refractivity contribution in [3.8, 4) is 0 Å². The minimum absolute atomic E-state index is 0.195. The van der Waals surface area contributed by atoms with Gasteiger partial charge in [0.15, 0.2) is 0 Å². The summed E-state index contributed by atoms with van der Waals surface area (Å²) in [6.07, 6.45) is 2.19. The topological polar surface area (TPSA) is 47.9 Å². The molecule has 0 aromatic carbocycles. The van der Waals surface area contributed by atoms with Crippen molar-refractivity contribution < 1.29 is 19.9 Å². The average Bonchev–Trinajstić information content (AvgIpc) is 2.87. The van der Waals surface area contributed by atoms with Crippen LogP contribution in [-0.2, 0) is 14.7 Å². The van der Waals surface area contributed by atoms with Crippen LogP contribution in [0.5, 0.6) is 0 Å². The SMILES string of the molecule is C=C(C)C(OCCOOO)=C1CC1. The molecule has 0 aliphatic heterocycles.